The van der Waals surface area contributed by atoms with Crippen molar-refractivity contribution in [2.24, 2.45) is 0 Å². The highest BCUT2D eigenvalue weighted by Gasteiger charge is 2.37. The Labute approximate surface area is 120 Å². The van der Waals surface area contributed by atoms with Gasteiger partial charge in [-0.1, -0.05) is 6.92 Å². The normalized spacial score (nSPS) is 18.9. The number of rotatable bonds is 3. The molecule has 1 saturated heterocycles. The number of hydrogen-bond donors (Lipinski definition) is 2. The Kier molecular flexibility index (Phi) is 4.04. The summed E-state index contributed by atoms with van der Waals surface area (Å²) in [5.41, 5.74) is 0.387. The first-order valence-electron chi connectivity index (χ1n) is 6.23. The van der Waals surface area contributed by atoms with E-state index in [1.165, 1.54) is 29.2 Å². The van der Waals surface area contributed by atoms with Gasteiger partial charge in [0.25, 0.3) is 11.1 Å². The second-order valence-electron chi connectivity index (χ2n) is 4.55. The Balaban J connectivity index is 2.32. The Morgan fingerprint density at radius 2 is 2.05 bits per heavy atom. The summed E-state index contributed by atoms with van der Waals surface area (Å²) < 4.78 is 0. The van der Waals surface area contributed by atoms with Crippen molar-refractivity contribution < 1.29 is 19.8 Å². The summed E-state index contributed by atoms with van der Waals surface area (Å²) in [6, 6.07) is 3.93. The van der Waals surface area contributed by atoms with E-state index in [-0.39, 0.29) is 33.6 Å². The molecule has 0 unspecified atom stereocenters. The van der Waals surface area contributed by atoms with Gasteiger partial charge in [0.2, 0.25) is 0 Å². The fourth-order valence-electron chi connectivity index (χ4n) is 1.84. The molecule has 6 heteroatoms. The molecule has 1 aromatic rings. The van der Waals surface area contributed by atoms with Gasteiger partial charge in [-0.3, -0.25) is 14.5 Å². The molecule has 5 nitrogen and oxygen atoms in total. The van der Waals surface area contributed by atoms with Gasteiger partial charge in [0.05, 0.1) is 4.91 Å². The molecule has 0 saturated carbocycles. The molecule has 0 spiro atoms. The van der Waals surface area contributed by atoms with E-state index in [4.69, 9.17) is 0 Å². The molecule has 1 atom stereocenters. The van der Waals surface area contributed by atoms with Gasteiger partial charge < -0.3 is 10.2 Å². The van der Waals surface area contributed by atoms with Crippen LogP contribution < -0.4 is 0 Å². The van der Waals surface area contributed by atoms with Crippen LogP contribution in [-0.2, 0) is 4.79 Å². The van der Waals surface area contributed by atoms with Crippen molar-refractivity contribution in [2.45, 2.75) is 26.3 Å². The predicted octanol–water partition coefficient (Wildman–Crippen LogP) is 2.93. The molecule has 0 bridgehead atoms. The zero-order valence-electron chi connectivity index (χ0n) is 11.2. The molecule has 2 N–H and O–H groups in total. The summed E-state index contributed by atoms with van der Waals surface area (Å²) in [7, 11) is 0. The third-order valence-corrected chi connectivity index (χ3v) is 4.04. The van der Waals surface area contributed by atoms with Crippen molar-refractivity contribution in [1.82, 2.24) is 4.90 Å². The highest BCUT2D eigenvalue weighted by Crippen LogP contribution is 2.35. The van der Waals surface area contributed by atoms with E-state index in [0.29, 0.717) is 12.0 Å². The summed E-state index contributed by atoms with van der Waals surface area (Å²) in [5, 5.41) is 18.6. The molecule has 1 fully saturated rings. The smallest absolute Gasteiger partial charge is 0.293 e. The largest absolute Gasteiger partial charge is 0.508 e. The molecule has 0 aliphatic carbocycles. The summed E-state index contributed by atoms with van der Waals surface area (Å²) in [5.74, 6) is -0.547. The summed E-state index contributed by atoms with van der Waals surface area (Å²) in [6.07, 6.45) is 2.15. The second kappa shape index (κ2) is 5.58. The average molecular weight is 293 g/mol. The maximum atomic E-state index is 12.2. The van der Waals surface area contributed by atoms with Gasteiger partial charge in [0.1, 0.15) is 11.5 Å². The molecule has 0 radical (unpaired) electrons. The molecular weight excluding hydrogens is 278 g/mol. The molecule has 1 aliphatic rings. The monoisotopic (exact) mass is 293 g/mol. The standard InChI is InChI=1S/C14H15NO4S/c1-3-8(2)15-13(18)12(20-14(15)19)6-9-4-5-10(16)7-11(9)17/h4-8,16-17H,3H2,1-2H3/b12-6+/t8-/m0/s1. The van der Waals surface area contributed by atoms with Crippen LogP contribution in [-0.4, -0.2) is 32.3 Å². The molecule has 1 aliphatic heterocycles. The number of carbonyl (C=O) groups excluding carboxylic acids is 2. The first-order valence-corrected chi connectivity index (χ1v) is 7.04. The number of benzene rings is 1. The molecule has 2 rings (SSSR count). The van der Waals surface area contributed by atoms with Crippen LogP contribution in [0, 0.1) is 0 Å². The molecule has 20 heavy (non-hydrogen) atoms. The lowest BCUT2D eigenvalue weighted by Gasteiger charge is -2.19. The molecule has 2 amide bonds. The van der Waals surface area contributed by atoms with Crippen LogP contribution in [0.1, 0.15) is 25.8 Å². The van der Waals surface area contributed by atoms with Gasteiger partial charge in [0.15, 0.2) is 0 Å². The number of phenolic OH excluding ortho intramolecular Hbond substituents is 2. The highest BCUT2D eigenvalue weighted by molar-refractivity contribution is 8.18. The lowest BCUT2D eigenvalue weighted by molar-refractivity contribution is -0.124. The predicted molar refractivity (Wildman–Crippen MR) is 77.3 cm³/mol. The minimum atomic E-state index is -0.346. The summed E-state index contributed by atoms with van der Waals surface area (Å²) in [6.45, 7) is 3.72. The number of hydrogen-bond acceptors (Lipinski definition) is 5. The third-order valence-electron chi connectivity index (χ3n) is 3.16. The Bertz CT molecular complexity index is 597. The zero-order valence-corrected chi connectivity index (χ0v) is 12.0. The van der Waals surface area contributed by atoms with E-state index in [9.17, 15) is 19.8 Å². The number of phenols is 2. The van der Waals surface area contributed by atoms with Crippen LogP contribution in [0.25, 0.3) is 6.08 Å². The Hall–Kier alpha value is -1.95. The van der Waals surface area contributed by atoms with E-state index in [1.807, 2.05) is 13.8 Å². The number of imide groups is 1. The quantitative estimate of drug-likeness (QED) is 0.838. The molecular formula is C14H15NO4S. The van der Waals surface area contributed by atoms with Crippen molar-refractivity contribution in [1.29, 1.82) is 0 Å². The van der Waals surface area contributed by atoms with Crippen LogP contribution in [0.3, 0.4) is 0 Å². The van der Waals surface area contributed by atoms with Crippen LogP contribution in [0.4, 0.5) is 4.79 Å². The summed E-state index contributed by atoms with van der Waals surface area (Å²) >= 11 is 0.858. The number of nitrogens with zero attached hydrogens (tertiary/aromatic N) is 1. The number of aromatic hydroxyl groups is 2. The van der Waals surface area contributed by atoms with Gasteiger partial charge in [0, 0.05) is 17.7 Å². The van der Waals surface area contributed by atoms with Gasteiger partial charge >= 0.3 is 0 Å². The first-order chi connectivity index (χ1) is 9.43. The van der Waals surface area contributed by atoms with Gasteiger partial charge in [-0.25, -0.2) is 0 Å². The Morgan fingerprint density at radius 3 is 2.65 bits per heavy atom. The van der Waals surface area contributed by atoms with Crippen molar-refractivity contribution in [3.8, 4) is 11.5 Å². The second-order valence-corrected chi connectivity index (χ2v) is 5.55. The number of thioether (sulfide) groups is 1. The van der Waals surface area contributed by atoms with Gasteiger partial charge in [-0.2, -0.15) is 0 Å². The minimum absolute atomic E-state index is 0.0626. The van der Waals surface area contributed by atoms with Crippen molar-refractivity contribution in [2.75, 3.05) is 0 Å². The van der Waals surface area contributed by atoms with Crippen LogP contribution in [0.5, 0.6) is 11.5 Å². The molecule has 1 heterocycles. The third kappa shape index (κ3) is 2.65. The fraction of sp³-hybridized carbons (Fsp3) is 0.286. The van der Waals surface area contributed by atoms with Crippen LogP contribution in [0.15, 0.2) is 23.1 Å². The first kappa shape index (κ1) is 14.5. The Morgan fingerprint density at radius 1 is 1.35 bits per heavy atom. The SMILES string of the molecule is CC[C@H](C)N1C(=O)S/C(=C/c2ccc(O)cc2O)C1=O. The van der Waals surface area contributed by atoms with E-state index < -0.39 is 0 Å². The zero-order chi connectivity index (χ0) is 14.9. The van der Waals surface area contributed by atoms with E-state index in [2.05, 4.69) is 0 Å². The highest BCUT2D eigenvalue weighted by atomic mass is 32.2. The van der Waals surface area contributed by atoms with Crippen LogP contribution >= 0.6 is 11.8 Å². The lowest BCUT2D eigenvalue weighted by atomic mass is 10.1. The van der Waals surface area contributed by atoms with Crippen molar-refractivity contribution in [3.05, 3.63) is 28.7 Å². The van der Waals surface area contributed by atoms with Gasteiger partial charge in [-0.05, 0) is 43.3 Å². The van der Waals surface area contributed by atoms with Crippen molar-refractivity contribution >= 4 is 29.0 Å². The van der Waals surface area contributed by atoms with Gasteiger partial charge in [-0.15, -0.1) is 0 Å². The van der Waals surface area contributed by atoms with Crippen molar-refractivity contribution in [3.63, 3.8) is 0 Å². The maximum absolute atomic E-state index is 12.2. The minimum Gasteiger partial charge on any atom is -0.508 e. The number of amides is 2. The fourth-order valence-corrected chi connectivity index (χ4v) is 2.76. The topological polar surface area (TPSA) is 77.8 Å². The van der Waals surface area contributed by atoms with E-state index in [0.717, 1.165) is 11.8 Å². The number of carbonyl (C=O) groups is 2. The van der Waals surface area contributed by atoms with Crippen LogP contribution in [0.2, 0.25) is 0 Å². The molecule has 0 aromatic heterocycles. The molecule has 106 valence electrons. The summed E-state index contributed by atoms with van der Waals surface area (Å²) in [4.78, 5) is 25.5. The molecule has 1 aromatic carbocycles. The average Bonchev–Trinajstić information content (AvgIpc) is 2.67. The van der Waals surface area contributed by atoms with E-state index in [1.54, 1.807) is 0 Å². The maximum Gasteiger partial charge on any atom is 0.293 e. The van der Waals surface area contributed by atoms with E-state index >= 15 is 0 Å². The lowest BCUT2D eigenvalue weighted by Crippen LogP contribution is -2.36.